The normalized spacial score (nSPS) is 10.7. The van der Waals surface area contributed by atoms with Gasteiger partial charge >= 0.3 is 5.97 Å². The molecule has 3 aromatic rings. The summed E-state index contributed by atoms with van der Waals surface area (Å²) in [4.78, 5) is 28.9. The van der Waals surface area contributed by atoms with Crippen molar-refractivity contribution in [2.75, 3.05) is 6.61 Å². The van der Waals surface area contributed by atoms with Crippen LogP contribution in [0.1, 0.15) is 28.7 Å². The monoisotopic (exact) mass is 351 g/mol. The van der Waals surface area contributed by atoms with E-state index in [1.54, 1.807) is 17.6 Å². The lowest BCUT2D eigenvalue weighted by molar-refractivity contribution is -0.143. The molecule has 6 heteroatoms. The van der Waals surface area contributed by atoms with E-state index >= 15 is 0 Å². The van der Waals surface area contributed by atoms with Gasteiger partial charge in [-0.1, -0.05) is 29.8 Å². The van der Waals surface area contributed by atoms with Crippen molar-refractivity contribution < 1.29 is 14.3 Å². The number of nitrogens with zero attached hydrogens (tertiary/aromatic N) is 2. The first kappa shape index (κ1) is 17.7. The third-order valence-corrected chi connectivity index (χ3v) is 4.01. The molecule has 1 N–H and O–H groups in total. The molecule has 0 aliphatic carbocycles. The van der Waals surface area contributed by atoms with Gasteiger partial charge in [-0.15, -0.1) is 0 Å². The molecule has 0 aliphatic rings. The highest BCUT2D eigenvalue weighted by atomic mass is 16.5. The highest BCUT2D eigenvalue weighted by Crippen LogP contribution is 2.16. The predicted molar refractivity (Wildman–Crippen MR) is 98.7 cm³/mol. The summed E-state index contributed by atoms with van der Waals surface area (Å²) in [6.45, 7) is 4.32. The second-order valence-corrected chi connectivity index (χ2v) is 5.96. The SMILES string of the molecule is CCOC(=O)Cn1c(CNC(=O)c2cccc(C)c2)nc2ccccc21. The Morgan fingerprint density at radius 1 is 1.15 bits per heavy atom. The molecular weight excluding hydrogens is 330 g/mol. The lowest BCUT2D eigenvalue weighted by atomic mass is 10.1. The second kappa shape index (κ2) is 7.82. The predicted octanol–water partition coefficient (Wildman–Crippen LogP) is 2.84. The van der Waals surface area contributed by atoms with Crippen LogP contribution in [0.3, 0.4) is 0 Å². The second-order valence-electron chi connectivity index (χ2n) is 5.96. The van der Waals surface area contributed by atoms with Crippen LogP contribution < -0.4 is 5.32 Å². The van der Waals surface area contributed by atoms with Gasteiger partial charge in [0.05, 0.1) is 24.2 Å². The summed E-state index contributed by atoms with van der Waals surface area (Å²) in [5.74, 6) is 0.102. The maximum Gasteiger partial charge on any atom is 0.326 e. The maximum absolute atomic E-state index is 12.4. The van der Waals surface area contributed by atoms with E-state index in [9.17, 15) is 9.59 Å². The summed E-state index contributed by atoms with van der Waals surface area (Å²) in [7, 11) is 0. The number of aromatic nitrogens is 2. The van der Waals surface area contributed by atoms with Crippen LogP contribution in [0, 0.1) is 6.92 Å². The molecule has 0 atom stereocenters. The number of benzene rings is 2. The fourth-order valence-electron chi connectivity index (χ4n) is 2.82. The van der Waals surface area contributed by atoms with Gasteiger partial charge in [0.2, 0.25) is 0 Å². The van der Waals surface area contributed by atoms with Gasteiger partial charge in [-0.3, -0.25) is 9.59 Å². The molecule has 0 radical (unpaired) electrons. The average molecular weight is 351 g/mol. The molecule has 3 rings (SSSR count). The van der Waals surface area contributed by atoms with Gasteiger partial charge in [0.25, 0.3) is 5.91 Å². The Kier molecular flexibility index (Phi) is 5.31. The van der Waals surface area contributed by atoms with Gasteiger partial charge in [-0.2, -0.15) is 0 Å². The maximum atomic E-state index is 12.4. The molecule has 2 aromatic carbocycles. The van der Waals surface area contributed by atoms with Crippen LogP contribution in [0.25, 0.3) is 11.0 Å². The van der Waals surface area contributed by atoms with Crippen LogP contribution in [0.15, 0.2) is 48.5 Å². The van der Waals surface area contributed by atoms with Gasteiger partial charge in [0, 0.05) is 5.56 Å². The highest BCUT2D eigenvalue weighted by molar-refractivity contribution is 5.94. The Morgan fingerprint density at radius 3 is 2.73 bits per heavy atom. The van der Waals surface area contributed by atoms with Crippen molar-refractivity contribution in [3.8, 4) is 0 Å². The first-order valence-corrected chi connectivity index (χ1v) is 8.53. The molecule has 1 heterocycles. The van der Waals surface area contributed by atoms with Crippen molar-refractivity contribution in [1.82, 2.24) is 14.9 Å². The minimum absolute atomic E-state index is 0.0595. The number of amides is 1. The molecule has 0 saturated heterocycles. The summed E-state index contributed by atoms with van der Waals surface area (Å²) in [5, 5.41) is 2.87. The summed E-state index contributed by atoms with van der Waals surface area (Å²) in [6.07, 6.45) is 0. The lowest BCUT2D eigenvalue weighted by Crippen LogP contribution is -2.26. The number of carbonyl (C=O) groups is 2. The smallest absolute Gasteiger partial charge is 0.326 e. The first-order chi connectivity index (χ1) is 12.6. The Bertz CT molecular complexity index is 946. The van der Waals surface area contributed by atoms with E-state index in [4.69, 9.17) is 4.74 Å². The van der Waals surface area contributed by atoms with Crippen molar-refractivity contribution in [3.63, 3.8) is 0 Å². The van der Waals surface area contributed by atoms with Crippen LogP contribution in [-0.4, -0.2) is 28.0 Å². The number of esters is 1. The number of rotatable bonds is 6. The largest absolute Gasteiger partial charge is 0.465 e. The Morgan fingerprint density at radius 2 is 1.96 bits per heavy atom. The average Bonchev–Trinajstić information content (AvgIpc) is 2.97. The number of fused-ring (bicyclic) bond motifs is 1. The van der Waals surface area contributed by atoms with E-state index in [0.29, 0.717) is 18.0 Å². The molecule has 0 unspecified atom stereocenters. The van der Waals surface area contributed by atoms with Crippen molar-refractivity contribution in [2.24, 2.45) is 0 Å². The summed E-state index contributed by atoms with van der Waals surface area (Å²) in [5.41, 5.74) is 3.22. The first-order valence-electron chi connectivity index (χ1n) is 8.53. The minimum atomic E-state index is -0.332. The van der Waals surface area contributed by atoms with Crippen LogP contribution in [-0.2, 0) is 22.6 Å². The standard InChI is InChI=1S/C20H21N3O3/c1-3-26-19(24)13-23-17-10-5-4-9-16(17)22-18(23)12-21-20(25)15-8-6-7-14(2)11-15/h4-11H,3,12-13H2,1-2H3,(H,21,25). The molecule has 0 saturated carbocycles. The Hall–Kier alpha value is -3.15. The number of hydrogen-bond donors (Lipinski definition) is 1. The number of carbonyl (C=O) groups excluding carboxylic acids is 2. The van der Waals surface area contributed by atoms with E-state index in [1.165, 1.54) is 0 Å². The zero-order chi connectivity index (χ0) is 18.5. The number of hydrogen-bond acceptors (Lipinski definition) is 4. The van der Waals surface area contributed by atoms with Crippen molar-refractivity contribution in [3.05, 3.63) is 65.5 Å². The van der Waals surface area contributed by atoms with Gasteiger partial charge in [-0.25, -0.2) is 4.98 Å². The van der Waals surface area contributed by atoms with Crippen molar-refractivity contribution >= 4 is 22.9 Å². The molecule has 1 amide bonds. The zero-order valence-electron chi connectivity index (χ0n) is 14.9. The number of imidazole rings is 1. The number of nitrogens with one attached hydrogen (secondary N) is 1. The van der Waals surface area contributed by atoms with E-state index in [2.05, 4.69) is 10.3 Å². The quantitative estimate of drug-likeness (QED) is 0.693. The number of ether oxygens (including phenoxy) is 1. The molecule has 0 spiro atoms. The van der Waals surface area contributed by atoms with Crippen LogP contribution in [0.4, 0.5) is 0 Å². The third kappa shape index (κ3) is 3.91. The zero-order valence-corrected chi connectivity index (χ0v) is 14.9. The van der Waals surface area contributed by atoms with Crippen LogP contribution in [0.2, 0.25) is 0 Å². The van der Waals surface area contributed by atoms with Crippen LogP contribution in [0.5, 0.6) is 0 Å². The lowest BCUT2D eigenvalue weighted by Gasteiger charge is -2.10. The fourth-order valence-corrected chi connectivity index (χ4v) is 2.82. The Balaban J connectivity index is 1.82. The molecule has 1 aromatic heterocycles. The van der Waals surface area contributed by atoms with Gasteiger partial charge in [0.1, 0.15) is 12.4 Å². The Labute approximate surface area is 151 Å². The van der Waals surface area contributed by atoms with E-state index in [1.807, 2.05) is 49.4 Å². The molecule has 26 heavy (non-hydrogen) atoms. The van der Waals surface area contributed by atoms with E-state index < -0.39 is 0 Å². The number of para-hydroxylation sites is 2. The molecule has 134 valence electrons. The summed E-state index contributed by atoms with van der Waals surface area (Å²) < 4.78 is 6.83. The van der Waals surface area contributed by atoms with Crippen molar-refractivity contribution in [2.45, 2.75) is 26.9 Å². The van der Waals surface area contributed by atoms with E-state index in [0.717, 1.165) is 16.6 Å². The molecule has 6 nitrogen and oxygen atoms in total. The summed E-state index contributed by atoms with van der Waals surface area (Å²) in [6, 6.07) is 14.9. The van der Waals surface area contributed by atoms with E-state index in [-0.39, 0.29) is 25.0 Å². The van der Waals surface area contributed by atoms with Crippen molar-refractivity contribution in [1.29, 1.82) is 0 Å². The minimum Gasteiger partial charge on any atom is -0.465 e. The van der Waals surface area contributed by atoms with Gasteiger partial charge in [-0.05, 0) is 38.1 Å². The van der Waals surface area contributed by atoms with Gasteiger partial charge in [0.15, 0.2) is 0 Å². The fraction of sp³-hybridized carbons (Fsp3) is 0.250. The third-order valence-electron chi connectivity index (χ3n) is 4.01. The topological polar surface area (TPSA) is 73.2 Å². The molecule has 0 fully saturated rings. The van der Waals surface area contributed by atoms with Crippen LogP contribution >= 0.6 is 0 Å². The number of aryl methyl sites for hydroxylation is 1. The molecule has 0 bridgehead atoms. The highest BCUT2D eigenvalue weighted by Gasteiger charge is 2.15. The summed E-state index contributed by atoms with van der Waals surface area (Å²) >= 11 is 0. The van der Waals surface area contributed by atoms with Gasteiger partial charge < -0.3 is 14.6 Å². The molecule has 0 aliphatic heterocycles. The molecular formula is C20H21N3O3.